The van der Waals surface area contributed by atoms with Crippen molar-refractivity contribution in [3.63, 3.8) is 0 Å². The zero-order chi connectivity index (χ0) is 12.7. The molecule has 1 atom stereocenters. The number of carboxylic acid groups (broad SMARTS) is 1. The number of carboxylic acids is 1. The molecule has 0 aliphatic heterocycles. The molecule has 0 saturated heterocycles. The Balaban J connectivity index is 2.66. The molecule has 0 heterocycles. The van der Waals surface area contributed by atoms with E-state index < -0.39 is 5.97 Å². The monoisotopic (exact) mass is 235 g/mol. The summed E-state index contributed by atoms with van der Waals surface area (Å²) in [6.07, 6.45) is 3.02. The molecule has 1 unspecified atom stereocenters. The number of benzene rings is 1. The molecular formula is C14H21NO2. The lowest BCUT2D eigenvalue weighted by atomic mass is 10.1. The van der Waals surface area contributed by atoms with Gasteiger partial charge in [-0.1, -0.05) is 31.5 Å². The van der Waals surface area contributed by atoms with Crippen LogP contribution in [0.4, 0.5) is 5.69 Å². The van der Waals surface area contributed by atoms with E-state index in [0.29, 0.717) is 12.5 Å². The van der Waals surface area contributed by atoms with Gasteiger partial charge in [-0.05, 0) is 31.4 Å². The Bertz CT molecular complexity index is 363. The summed E-state index contributed by atoms with van der Waals surface area (Å²) >= 11 is 0. The van der Waals surface area contributed by atoms with Crippen LogP contribution >= 0.6 is 0 Å². The first-order chi connectivity index (χ1) is 8.13. The van der Waals surface area contributed by atoms with E-state index in [4.69, 9.17) is 5.11 Å². The SMILES string of the molecule is CCCC(C)Nc1ccccc1CCC(=O)O. The number of aliphatic carboxylic acids is 1. The Kier molecular flexibility index (Phi) is 5.53. The topological polar surface area (TPSA) is 49.3 Å². The van der Waals surface area contributed by atoms with E-state index in [1.54, 1.807) is 0 Å². The summed E-state index contributed by atoms with van der Waals surface area (Å²) in [5, 5.41) is 12.2. The summed E-state index contributed by atoms with van der Waals surface area (Å²) in [5.41, 5.74) is 2.15. The molecule has 0 aliphatic rings. The van der Waals surface area contributed by atoms with Gasteiger partial charge in [-0.3, -0.25) is 4.79 Å². The second kappa shape index (κ2) is 6.94. The van der Waals surface area contributed by atoms with Crippen LogP contribution < -0.4 is 5.32 Å². The van der Waals surface area contributed by atoms with Crippen LogP contribution in [0.3, 0.4) is 0 Å². The highest BCUT2D eigenvalue weighted by Crippen LogP contribution is 2.18. The fourth-order valence-electron chi connectivity index (χ4n) is 1.89. The lowest BCUT2D eigenvalue weighted by molar-refractivity contribution is -0.136. The van der Waals surface area contributed by atoms with Gasteiger partial charge in [0.15, 0.2) is 0 Å². The number of carbonyl (C=O) groups is 1. The Morgan fingerprint density at radius 3 is 2.76 bits per heavy atom. The summed E-state index contributed by atoms with van der Waals surface area (Å²) in [5.74, 6) is -0.749. The van der Waals surface area contributed by atoms with Crippen molar-refractivity contribution in [3.8, 4) is 0 Å². The second-order valence-electron chi connectivity index (χ2n) is 4.38. The van der Waals surface area contributed by atoms with Gasteiger partial charge in [-0.25, -0.2) is 0 Å². The Labute approximate surface area is 103 Å². The number of anilines is 1. The smallest absolute Gasteiger partial charge is 0.303 e. The minimum absolute atomic E-state index is 0.181. The molecule has 1 aromatic rings. The van der Waals surface area contributed by atoms with E-state index in [0.717, 1.165) is 24.1 Å². The first-order valence-corrected chi connectivity index (χ1v) is 6.19. The number of hydrogen-bond acceptors (Lipinski definition) is 2. The summed E-state index contributed by atoms with van der Waals surface area (Å²) in [6, 6.07) is 8.36. The normalized spacial score (nSPS) is 12.1. The van der Waals surface area contributed by atoms with Gasteiger partial charge >= 0.3 is 5.97 Å². The second-order valence-corrected chi connectivity index (χ2v) is 4.38. The van der Waals surface area contributed by atoms with Crippen molar-refractivity contribution >= 4 is 11.7 Å². The zero-order valence-corrected chi connectivity index (χ0v) is 10.6. The molecule has 1 rings (SSSR count). The van der Waals surface area contributed by atoms with Gasteiger partial charge in [0.05, 0.1) is 0 Å². The fraction of sp³-hybridized carbons (Fsp3) is 0.500. The first kappa shape index (κ1) is 13.6. The maximum absolute atomic E-state index is 10.6. The van der Waals surface area contributed by atoms with Gasteiger partial charge < -0.3 is 10.4 Å². The third-order valence-electron chi connectivity index (χ3n) is 2.75. The van der Waals surface area contributed by atoms with Gasteiger partial charge in [0.25, 0.3) is 0 Å². The van der Waals surface area contributed by atoms with Crippen LogP contribution in [-0.2, 0) is 11.2 Å². The molecule has 0 aromatic heterocycles. The summed E-state index contributed by atoms with van der Waals surface area (Å²) in [4.78, 5) is 10.6. The Hall–Kier alpha value is -1.51. The van der Waals surface area contributed by atoms with Crippen molar-refractivity contribution in [1.82, 2.24) is 0 Å². The highest BCUT2D eigenvalue weighted by Gasteiger charge is 2.06. The van der Waals surface area contributed by atoms with Gasteiger partial charge in [-0.2, -0.15) is 0 Å². The third kappa shape index (κ3) is 4.89. The van der Waals surface area contributed by atoms with Crippen molar-refractivity contribution in [3.05, 3.63) is 29.8 Å². The van der Waals surface area contributed by atoms with Gasteiger partial charge in [-0.15, -0.1) is 0 Å². The molecule has 0 bridgehead atoms. The predicted molar refractivity (Wildman–Crippen MR) is 70.4 cm³/mol. The lowest BCUT2D eigenvalue weighted by Gasteiger charge is -2.17. The largest absolute Gasteiger partial charge is 0.481 e. The van der Waals surface area contributed by atoms with Crippen LogP contribution in [-0.4, -0.2) is 17.1 Å². The number of aryl methyl sites for hydroxylation is 1. The molecule has 3 nitrogen and oxygen atoms in total. The molecule has 94 valence electrons. The fourth-order valence-corrected chi connectivity index (χ4v) is 1.89. The van der Waals surface area contributed by atoms with Crippen molar-refractivity contribution in [2.75, 3.05) is 5.32 Å². The lowest BCUT2D eigenvalue weighted by Crippen LogP contribution is -2.15. The summed E-state index contributed by atoms with van der Waals surface area (Å²) in [6.45, 7) is 4.31. The summed E-state index contributed by atoms with van der Waals surface area (Å²) in [7, 11) is 0. The molecule has 0 fully saturated rings. The molecule has 0 radical (unpaired) electrons. The average Bonchev–Trinajstić information content (AvgIpc) is 2.28. The van der Waals surface area contributed by atoms with E-state index in [9.17, 15) is 4.79 Å². The molecule has 0 amide bonds. The standard InChI is InChI=1S/C14H21NO2/c1-3-6-11(2)15-13-8-5-4-7-12(13)9-10-14(16)17/h4-5,7-8,11,15H,3,6,9-10H2,1-2H3,(H,16,17). The van der Waals surface area contributed by atoms with Crippen LogP contribution in [0.1, 0.15) is 38.7 Å². The molecule has 0 aliphatic carbocycles. The number of rotatable bonds is 7. The number of hydrogen-bond donors (Lipinski definition) is 2. The van der Waals surface area contributed by atoms with Gasteiger partial charge in [0.1, 0.15) is 0 Å². The van der Waals surface area contributed by atoms with Crippen molar-refractivity contribution in [1.29, 1.82) is 0 Å². The van der Waals surface area contributed by atoms with Gasteiger partial charge in [0, 0.05) is 18.2 Å². The minimum atomic E-state index is -0.749. The molecule has 2 N–H and O–H groups in total. The minimum Gasteiger partial charge on any atom is -0.481 e. The van der Waals surface area contributed by atoms with Crippen LogP contribution in [0, 0.1) is 0 Å². The molecule has 0 spiro atoms. The molecular weight excluding hydrogens is 214 g/mol. The molecule has 17 heavy (non-hydrogen) atoms. The highest BCUT2D eigenvalue weighted by atomic mass is 16.4. The third-order valence-corrected chi connectivity index (χ3v) is 2.75. The molecule has 0 saturated carbocycles. The van der Waals surface area contributed by atoms with E-state index in [1.165, 1.54) is 0 Å². The highest BCUT2D eigenvalue weighted by molar-refractivity contribution is 5.67. The van der Waals surface area contributed by atoms with Crippen molar-refractivity contribution in [2.45, 2.75) is 45.6 Å². The van der Waals surface area contributed by atoms with E-state index in [-0.39, 0.29) is 6.42 Å². The van der Waals surface area contributed by atoms with Crippen molar-refractivity contribution in [2.24, 2.45) is 0 Å². The predicted octanol–water partition coefficient (Wildman–Crippen LogP) is 3.30. The number of para-hydroxylation sites is 1. The van der Waals surface area contributed by atoms with Crippen LogP contribution in [0.15, 0.2) is 24.3 Å². The van der Waals surface area contributed by atoms with Crippen molar-refractivity contribution < 1.29 is 9.90 Å². The summed E-state index contributed by atoms with van der Waals surface area (Å²) < 4.78 is 0. The Morgan fingerprint density at radius 1 is 1.41 bits per heavy atom. The van der Waals surface area contributed by atoms with Crippen LogP contribution in [0.2, 0.25) is 0 Å². The van der Waals surface area contributed by atoms with E-state index >= 15 is 0 Å². The quantitative estimate of drug-likeness (QED) is 0.762. The zero-order valence-electron chi connectivity index (χ0n) is 10.6. The van der Waals surface area contributed by atoms with Gasteiger partial charge in [0.2, 0.25) is 0 Å². The van der Waals surface area contributed by atoms with Crippen LogP contribution in [0.5, 0.6) is 0 Å². The average molecular weight is 235 g/mol. The molecule has 3 heteroatoms. The first-order valence-electron chi connectivity index (χ1n) is 6.19. The maximum Gasteiger partial charge on any atom is 0.303 e. The van der Waals surface area contributed by atoms with Crippen LogP contribution in [0.25, 0.3) is 0 Å². The van der Waals surface area contributed by atoms with E-state index in [1.807, 2.05) is 24.3 Å². The maximum atomic E-state index is 10.6. The Morgan fingerprint density at radius 2 is 2.12 bits per heavy atom. The van der Waals surface area contributed by atoms with E-state index in [2.05, 4.69) is 19.2 Å². The number of nitrogens with one attached hydrogen (secondary N) is 1. The molecule has 1 aromatic carbocycles.